The molecule has 0 saturated carbocycles. The minimum Gasteiger partial charge on any atom is -0.462 e. The topological polar surface area (TPSA) is 78.9 Å². The van der Waals surface area contributed by atoms with Gasteiger partial charge in [-0.2, -0.15) is 0 Å². The van der Waals surface area contributed by atoms with Crippen molar-refractivity contribution >= 4 is 17.9 Å². The number of rotatable bonds is 44. The Kier molecular flexibility index (Phi) is 44.9. The molecular weight excluding hydrogens is 721 g/mol. The van der Waals surface area contributed by atoms with Crippen LogP contribution in [0.25, 0.3) is 0 Å². The predicted molar refractivity (Wildman–Crippen MR) is 247 cm³/mol. The van der Waals surface area contributed by atoms with E-state index in [1.54, 1.807) is 0 Å². The fraction of sp³-hybridized carbons (Fsp3) is 0.788. The second-order valence-electron chi connectivity index (χ2n) is 16.4. The van der Waals surface area contributed by atoms with Gasteiger partial charge < -0.3 is 14.2 Å². The first-order valence-corrected chi connectivity index (χ1v) is 24.6. The third-order valence-corrected chi connectivity index (χ3v) is 10.6. The lowest BCUT2D eigenvalue weighted by Gasteiger charge is -2.18. The van der Waals surface area contributed by atoms with Crippen LogP contribution in [0.3, 0.4) is 0 Å². The average Bonchev–Trinajstić information content (AvgIpc) is 3.22. The van der Waals surface area contributed by atoms with Crippen LogP contribution in [0.5, 0.6) is 0 Å². The summed E-state index contributed by atoms with van der Waals surface area (Å²) >= 11 is 0. The molecule has 0 aliphatic heterocycles. The summed E-state index contributed by atoms with van der Waals surface area (Å²) < 4.78 is 16.7. The van der Waals surface area contributed by atoms with Gasteiger partial charge in [0, 0.05) is 19.3 Å². The van der Waals surface area contributed by atoms with Crippen LogP contribution in [-0.4, -0.2) is 37.2 Å². The molecule has 58 heavy (non-hydrogen) atoms. The van der Waals surface area contributed by atoms with Gasteiger partial charge in [-0.25, -0.2) is 0 Å². The molecule has 1 atom stereocenters. The van der Waals surface area contributed by atoms with E-state index in [1.807, 2.05) is 0 Å². The van der Waals surface area contributed by atoms with Gasteiger partial charge in [0.05, 0.1) is 0 Å². The Labute approximate surface area is 358 Å². The molecule has 0 rings (SSSR count). The number of unbranched alkanes of at least 4 members (excludes halogenated alkanes) is 25. The molecule has 0 aliphatic rings. The quantitative estimate of drug-likeness (QED) is 0.0264. The summed E-state index contributed by atoms with van der Waals surface area (Å²) in [6.45, 7) is 6.54. The van der Waals surface area contributed by atoms with E-state index in [4.69, 9.17) is 14.2 Å². The zero-order valence-electron chi connectivity index (χ0n) is 38.3. The Hall–Kier alpha value is -2.63. The number of carbonyl (C=O) groups excluding carboxylic acids is 3. The van der Waals surface area contributed by atoms with E-state index in [0.717, 1.165) is 89.9 Å². The van der Waals surface area contributed by atoms with E-state index >= 15 is 0 Å². The van der Waals surface area contributed by atoms with Crippen molar-refractivity contribution in [2.24, 2.45) is 0 Å². The second-order valence-corrected chi connectivity index (χ2v) is 16.4. The van der Waals surface area contributed by atoms with Crippen molar-refractivity contribution in [1.82, 2.24) is 0 Å². The summed E-state index contributed by atoms with van der Waals surface area (Å²) in [5, 5.41) is 0. The van der Waals surface area contributed by atoms with E-state index in [-0.39, 0.29) is 31.1 Å². The first-order valence-electron chi connectivity index (χ1n) is 24.6. The molecule has 6 heteroatoms. The molecule has 0 saturated heterocycles. The van der Waals surface area contributed by atoms with Crippen LogP contribution in [0.4, 0.5) is 0 Å². The van der Waals surface area contributed by atoms with Gasteiger partial charge in [-0.1, -0.05) is 191 Å². The van der Waals surface area contributed by atoms with Crippen LogP contribution in [-0.2, 0) is 28.6 Å². The van der Waals surface area contributed by atoms with Crippen molar-refractivity contribution in [1.29, 1.82) is 0 Å². The zero-order chi connectivity index (χ0) is 42.3. The van der Waals surface area contributed by atoms with E-state index < -0.39 is 6.10 Å². The Morgan fingerprint density at radius 3 is 1.02 bits per heavy atom. The van der Waals surface area contributed by atoms with Crippen molar-refractivity contribution in [2.45, 2.75) is 252 Å². The monoisotopic (exact) mass is 813 g/mol. The van der Waals surface area contributed by atoms with Crippen LogP contribution in [0.15, 0.2) is 48.6 Å². The number of esters is 3. The SMILES string of the molecule is CCCCC/C=C\C/C=C\C/C=C\CCCCCCCCC(=O)OCC(COC(=O)CCCCCCCCC)OC(=O)CCCCCCC/C=C\CCCCCCC. The highest BCUT2D eigenvalue weighted by atomic mass is 16.6. The van der Waals surface area contributed by atoms with Gasteiger partial charge in [0.2, 0.25) is 0 Å². The molecule has 0 heterocycles. The molecule has 0 N–H and O–H groups in total. The molecule has 0 aromatic rings. The van der Waals surface area contributed by atoms with Gasteiger partial charge in [0.25, 0.3) is 0 Å². The van der Waals surface area contributed by atoms with Gasteiger partial charge >= 0.3 is 17.9 Å². The first-order chi connectivity index (χ1) is 28.5. The molecule has 0 aliphatic carbocycles. The summed E-state index contributed by atoms with van der Waals surface area (Å²) in [4.78, 5) is 37.7. The van der Waals surface area contributed by atoms with Crippen LogP contribution in [0.2, 0.25) is 0 Å². The molecule has 0 radical (unpaired) electrons. The normalized spacial score (nSPS) is 12.4. The number of hydrogen-bond donors (Lipinski definition) is 0. The minimum absolute atomic E-state index is 0.0800. The van der Waals surface area contributed by atoms with E-state index in [2.05, 4.69) is 69.4 Å². The molecule has 0 bridgehead atoms. The van der Waals surface area contributed by atoms with E-state index in [0.29, 0.717) is 19.3 Å². The molecule has 0 spiro atoms. The van der Waals surface area contributed by atoms with Crippen molar-refractivity contribution in [2.75, 3.05) is 13.2 Å². The lowest BCUT2D eigenvalue weighted by atomic mass is 10.1. The molecule has 336 valence electrons. The van der Waals surface area contributed by atoms with Crippen LogP contribution in [0.1, 0.15) is 245 Å². The number of ether oxygens (including phenoxy) is 3. The van der Waals surface area contributed by atoms with Crippen molar-refractivity contribution in [3.05, 3.63) is 48.6 Å². The Bertz CT molecular complexity index is 1030. The molecule has 6 nitrogen and oxygen atoms in total. The van der Waals surface area contributed by atoms with Crippen LogP contribution >= 0.6 is 0 Å². The lowest BCUT2D eigenvalue weighted by molar-refractivity contribution is -0.167. The molecule has 0 aromatic heterocycles. The van der Waals surface area contributed by atoms with Crippen molar-refractivity contribution in [3.8, 4) is 0 Å². The highest BCUT2D eigenvalue weighted by molar-refractivity contribution is 5.71. The van der Waals surface area contributed by atoms with Gasteiger partial charge in [-0.3, -0.25) is 14.4 Å². The van der Waals surface area contributed by atoms with Gasteiger partial charge in [-0.05, 0) is 83.5 Å². The van der Waals surface area contributed by atoms with E-state index in [1.165, 1.54) is 116 Å². The standard InChI is InChI=1S/C52H92O6/c1-4-7-10-13-16-18-20-22-24-25-26-27-28-30-31-33-36-39-42-45-51(54)57-48-49(47-56-50(53)44-41-38-35-15-12-9-6-3)58-52(55)46-43-40-37-34-32-29-23-21-19-17-14-11-8-5-2/h16,18,21-24,26-27,49H,4-15,17,19-20,25,28-48H2,1-3H3/b18-16-,23-21-,24-22-,27-26-. The molecular formula is C52H92O6. The zero-order valence-corrected chi connectivity index (χ0v) is 38.3. The summed E-state index contributed by atoms with van der Waals surface area (Å²) in [5.41, 5.74) is 0. The maximum Gasteiger partial charge on any atom is 0.306 e. The predicted octanol–water partition coefficient (Wildman–Crippen LogP) is 15.9. The Morgan fingerprint density at radius 2 is 0.621 bits per heavy atom. The smallest absolute Gasteiger partial charge is 0.306 e. The maximum absolute atomic E-state index is 12.7. The maximum atomic E-state index is 12.7. The first kappa shape index (κ1) is 55.4. The van der Waals surface area contributed by atoms with Crippen LogP contribution in [0, 0.1) is 0 Å². The third-order valence-electron chi connectivity index (χ3n) is 10.6. The van der Waals surface area contributed by atoms with Crippen molar-refractivity contribution < 1.29 is 28.6 Å². The van der Waals surface area contributed by atoms with E-state index in [9.17, 15) is 14.4 Å². The fourth-order valence-corrected chi connectivity index (χ4v) is 6.80. The summed E-state index contributed by atoms with van der Waals surface area (Å²) in [7, 11) is 0. The minimum atomic E-state index is -0.778. The summed E-state index contributed by atoms with van der Waals surface area (Å²) in [6, 6.07) is 0. The highest BCUT2D eigenvalue weighted by Gasteiger charge is 2.19. The second kappa shape index (κ2) is 47.1. The molecule has 0 aromatic carbocycles. The number of allylic oxidation sites excluding steroid dienone is 8. The third kappa shape index (κ3) is 44.5. The molecule has 0 amide bonds. The average molecular weight is 813 g/mol. The summed E-state index contributed by atoms with van der Waals surface area (Å²) in [6.07, 6.45) is 55.3. The number of carbonyl (C=O) groups is 3. The van der Waals surface area contributed by atoms with Gasteiger partial charge in [0.15, 0.2) is 6.10 Å². The lowest BCUT2D eigenvalue weighted by Crippen LogP contribution is -2.30. The Morgan fingerprint density at radius 1 is 0.345 bits per heavy atom. The summed E-state index contributed by atoms with van der Waals surface area (Å²) in [5.74, 6) is -0.905. The molecule has 0 fully saturated rings. The van der Waals surface area contributed by atoms with Gasteiger partial charge in [-0.15, -0.1) is 0 Å². The van der Waals surface area contributed by atoms with Crippen LogP contribution < -0.4 is 0 Å². The van der Waals surface area contributed by atoms with Gasteiger partial charge in [0.1, 0.15) is 13.2 Å². The highest BCUT2D eigenvalue weighted by Crippen LogP contribution is 2.14. The van der Waals surface area contributed by atoms with Crippen molar-refractivity contribution in [3.63, 3.8) is 0 Å². The number of hydrogen-bond acceptors (Lipinski definition) is 6. The Balaban J connectivity index is 4.29. The fourth-order valence-electron chi connectivity index (χ4n) is 6.80. The largest absolute Gasteiger partial charge is 0.462 e. The molecule has 1 unspecified atom stereocenters.